The maximum atomic E-state index is 4.72. The first kappa shape index (κ1) is 17.8. The Morgan fingerprint density at radius 2 is 1.65 bits per heavy atom. The number of fused-ring (bicyclic) bond motifs is 1. The van der Waals surface area contributed by atoms with Gasteiger partial charge in [0.1, 0.15) is 0 Å². The summed E-state index contributed by atoms with van der Waals surface area (Å²) in [5.74, 6) is 0.949. The van der Waals surface area contributed by atoms with Crippen LogP contribution in [0.3, 0.4) is 0 Å². The number of aryl methyl sites for hydroxylation is 1. The van der Waals surface area contributed by atoms with E-state index in [0.717, 1.165) is 5.69 Å². The summed E-state index contributed by atoms with van der Waals surface area (Å²) in [6.45, 7) is 18.0. The summed E-state index contributed by atoms with van der Waals surface area (Å²) >= 11 is 0. The number of allylic oxidation sites excluding steroid dienone is 3. The molecule has 2 rings (SSSR count). The first-order chi connectivity index (χ1) is 10.7. The van der Waals surface area contributed by atoms with Crippen LogP contribution in [-0.4, -0.2) is 18.1 Å². The van der Waals surface area contributed by atoms with Gasteiger partial charge in [-0.3, -0.25) is 4.98 Å². The van der Waals surface area contributed by atoms with E-state index in [2.05, 4.69) is 79.6 Å². The van der Waals surface area contributed by atoms with Gasteiger partial charge in [0.25, 0.3) is 0 Å². The molecular weight excluding hydrogens is 280 g/mol. The van der Waals surface area contributed by atoms with E-state index in [0.29, 0.717) is 17.9 Å². The molecule has 1 atom stereocenters. The molecule has 0 saturated carbocycles. The summed E-state index contributed by atoms with van der Waals surface area (Å²) in [4.78, 5) is 7.14. The van der Waals surface area contributed by atoms with Crippen LogP contribution in [0.4, 0.5) is 5.69 Å². The lowest BCUT2D eigenvalue weighted by Gasteiger charge is -2.36. The maximum Gasteiger partial charge on any atom is 0.0664 e. The van der Waals surface area contributed by atoms with Gasteiger partial charge in [-0.05, 0) is 61.8 Å². The lowest BCUT2D eigenvalue weighted by atomic mass is 9.83. The van der Waals surface area contributed by atoms with Crippen molar-refractivity contribution in [3.63, 3.8) is 0 Å². The van der Waals surface area contributed by atoms with Crippen LogP contribution in [0.1, 0.15) is 71.2 Å². The minimum Gasteiger partial charge on any atom is -0.366 e. The summed E-state index contributed by atoms with van der Waals surface area (Å²) in [5.41, 5.74) is 9.45. The molecule has 1 aliphatic rings. The Balaban J connectivity index is 2.93. The fourth-order valence-corrected chi connectivity index (χ4v) is 3.47. The lowest BCUT2D eigenvalue weighted by Crippen LogP contribution is -2.33. The highest BCUT2D eigenvalue weighted by Gasteiger charge is 2.27. The molecule has 2 heteroatoms. The number of nitrogens with zero attached hydrogens (tertiary/aromatic N) is 2. The molecule has 2 nitrogen and oxygen atoms in total. The molecule has 0 amide bonds. The molecule has 126 valence electrons. The zero-order valence-corrected chi connectivity index (χ0v) is 16.3. The van der Waals surface area contributed by atoms with Crippen molar-refractivity contribution in [3.8, 4) is 0 Å². The monoisotopic (exact) mass is 312 g/mol. The number of pyridine rings is 1. The summed E-state index contributed by atoms with van der Waals surface area (Å²) in [7, 11) is 2.21. The molecular formula is C21H32N2. The minimum atomic E-state index is 0.377. The van der Waals surface area contributed by atoms with E-state index in [1.807, 2.05) is 0 Å². The van der Waals surface area contributed by atoms with Crippen molar-refractivity contribution in [3.05, 3.63) is 40.2 Å². The van der Waals surface area contributed by atoms with Crippen LogP contribution in [0.2, 0.25) is 0 Å². The molecule has 0 N–H and O–H groups in total. The van der Waals surface area contributed by atoms with E-state index < -0.39 is 0 Å². The summed E-state index contributed by atoms with van der Waals surface area (Å²) in [6.07, 6.45) is 4.49. The number of likely N-dealkylation sites (N-methyl/N-ethyl adjacent to an activating group) is 1. The number of hydrogen-bond donors (Lipinski definition) is 0. The van der Waals surface area contributed by atoms with Crippen LogP contribution in [0, 0.1) is 12.8 Å². The van der Waals surface area contributed by atoms with Gasteiger partial charge in [0.2, 0.25) is 0 Å². The van der Waals surface area contributed by atoms with Crippen LogP contribution in [0.15, 0.2) is 23.4 Å². The number of anilines is 1. The van der Waals surface area contributed by atoms with Crippen LogP contribution in [0.25, 0.3) is 5.57 Å². The third-order valence-electron chi connectivity index (χ3n) is 5.35. The van der Waals surface area contributed by atoms with Gasteiger partial charge in [-0.25, -0.2) is 0 Å². The van der Waals surface area contributed by atoms with Crippen molar-refractivity contribution >= 4 is 11.3 Å². The van der Waals surface area contributed by atoms with Crippen LogP contribution >= 0.6 is 0 Å². The second-order valence-corrected chi connectivity index (χ2v) is 7.58. The fourth-order valence-electron chi connectivity index (χ4n) is 3.47. The lowest BCUT2D eigenvalue weighted by molar-refractivity contribution is 0.750. The molecule has 0 unspecified atom stereocenters. The molecule has 2 heterocycles. The molecule has 0 fully saturated rings. The molecule has 1 aromatic heterocycles. The second-order valence-electron chi connectivity index (χ2n) is 7.58. The smallest absolute Gasteiger partial charge is 0.0664 e. The fraction of sp³-hybridized carbons (Fsp3) is 0.571. The third-order valence-corrected chi connectivity index (χ3v) is 5.35. The van der Waals surface area contributed by atoms with E-state index >= 15 is 0 Å². The van der Waals surface area contributed by atoms with Crippen molar-refractivity contribution in [2.45, 2.75) is 67.3 Å². The largest absolute Gasteiger partial charge is 0.366 e. The summed E-state index contributed by atoms with van der Waals surface area (Å²) in [6, 6.07) is 0.377. The van der Waals surface area contributed by atoms with E-state index in [1.165, 1.54) is 33.5 Å². The molecule has 0 spiro atoms. The highest BCUT2D eigenvalue weighted by atomic mass is 15.1. The standard InChI is InChI=1S/C21H32N2/c1-12(2)18-10-14(5)15(6)17(8)23(9)21-16(7)22-11-19(13(3)4)20(18)21/h10-13,17H,1-9H3/b15-14-,18-10-/t17-/m1/s1. The maximum absolute atomic E-state index is 4.72. The normalized spacial score (nSPS) is 24.4. The summed E-state index contributed by atoms with van der Waals surface area (Å²) in [5, 5.41) is 0. The summed E-state index contributed by atoms with van der Waals surface area (Å²) < 4.78 is 0. The van der Waals surface area contributed by atoms with E-state index in [9.17, 15) is 0 Å². The van der Waals surface area contributed by atoms with Gasteiger partial charge in [0.15, 0.2) is 0 Å². The average Bonchev–Trinajstić information content (AvgIpc) is 2.48. The van der Waals surface area contributed by atoms with Gasteiger partial charge < -0.3 is 4.90 Å². The molecule has 0 saturated heterocycles. The first-order valence-corrected chi connectivity index (χ1v) is 8.78. The topological polar surface area (TPSA) is 16.1 Å². The van der Waals surface area contributed by atoms with Gasteiger partial charge in [-0.1, -0.05) is 33.8 Å². The molecule has 23 heavy (non-hydrogen) atoms. The highest BCUT2D eigenvalue weighted by molar-refractivity contribution is 5.84. The Morgan fingerprint density at radius 1 is 1.04 bits per heavy atom. The third kappa shape index (κ3) is 3.08. The Hall–Kier alpha value is -1.57. The average molecular weight is 313 g/mol. The first-order valence-electron chi connectivity index (χ1n) is 8.78. The van der Waals surface area contributed by atoms with Crippen molar-refractivity contribution < 1.29 is 0 Å². The Labute approximate surface area is 142 Å². The minimum absolute atomic E-state index is 0.377. The Morgan fingerprint density at radius 3 is 2.17 bits per heavy atom. The van der Waals surface area contributed by atoms with Gasteiger partial charge in [0, 0.05) is 24.8 Å². The zero-order valence-electron chi connectivity index (χ0n) is 16.3. The van der Waals surface area contributed by atoms with Crippen LogP contribution in [-0.2, 0) is 0 Å². The second kappa shape index (κ2) is 6.51. The number of hydrogen-bond acceptors (Lipinski definition) is 2. The van der Waals surface area contributed by atoms with Gasteiger partial charge in [0.05, 0.1) is 11.4 Å². The molecule has 0 radical (unpaired) electrons. The Bertz CT molecular complexity index is 663. The van der Waals surface area contributed by atoms with E-state index in [4.69, 9.17) is 4.98 Å². The van der Waals surface area contributed by atoms with Crippen molar-refractivity contribution in [1.82, 2.24) is 4.98 Å². The van der Waals surface area contributed by atoms with Crippen molar-refractivity contribution in [2.75, 3.05) is 11.9 Å². The quantitative estimate of drug-likeness (QED) is 0.693. The number of rotatable bonds is 2. The Kier molecular flexibility index (Phi) is 5.03. The van der Waals surface area contributed by atoms with Crippen LogP contribution < -0.4 is 4.90 Å². The zero-order chi connectivity index (χ0) is 17.5. The van der Waals surface area contributed by atoms with Crippen molar-refractivity contribution in [1.29, 1.82) is 0 Å². The SMILES string of the molecule is CC1=C(\C)[C@@H](C)N(C)c2c(C)ncc(C(C)C)c2/C(C(C)C)=C\1. The highest BCUT2D eigenvalue weighted by Crippen LogP contribution is 2.41. The van der Waals surface area contributed by atoms with Crippen molar-refractivity contribution in [2.24, 2.45) is 5.92 Å². The predicted molar refractivity (Wildman–Crippen MR) is 102 cm³/mol. The predicted octanol–water partition coefficient (Wildman–Crippen LogP) is 5.73. The molecule has 1 aliphatic heterocycles. The van der Waals surface area contributed by atoms with E-state index in [1.54, 1.807) is 0 Å². The van der Waals surface area contributed by atoms with Crippen LogP contribution in [0.5, 0.6) is 0 Å². The van der Waals surface area contributed by atoms with Gasteiger partial charge in [-0.2, -0.15) is 0 Å². The molecule has 0 bridgehead atoms. The van der Waals surface area contributed by atoms with Gasteiger partial charge >= 0.3 is 0 Å². The van der Waals surface area contributed by atoms with E-state index in [-0.39, 0.29) is 0 Å². The van der Waals surface area contributed by atoms with Gasteiger partial charge in [-0.15, -0.1) is 0 Å². The molecule has 0 aliphatic carbocycles. The molecule has 0 aromatic carbocycles. The molecule has 1 aromatic rings. The number of aromatic nitrogens is 1.